The normalized spacial score (nSPS) is 22.5. The van der Waals surface area contributed by atoms with E-state index in [2.05, 4.69) is 20.9 Å². The predicted octanol–water partition coefficient (Wildman–Crippen LogP) is 2.60. The third-order valence-corrected chi connectivity index (χ3v) is 8.74. The summed E-state index contributed by atoms with van der Waals surface area (Å²) < 4.78 is 0. The maximum atomic E-state index is 13.9. The molecule has 1 aromatic heterocycles. The van der Waals surface area contributed by atoms with Crippen molar-refractivity contribution in [2.45, 2.75) is 43.6 Å². The number of aromatic nitrogens is 1. The molecule has 2 aromatic rings. The second-order valence-corrected chi connectivity index (χ2v) is 10.6. The molecule has 1 spiro atoms. The number of nitrogens with zero attached hydrogens (tertiary/aromatic N) is 5. The molecule has 0 radical (unpaired) electrons. The summed E-state index contributed by atoms with van der Waals surface area (Å²) in [5.74, 6) is 0.778. The molecule has 3 aliphatic heterocycles. The van der Waals surface area contributed by atoms with Crippen LogP contribution in [-0.4, -0.2) is 89.6 Å². The van der Waals surface area contributed by atoms with Gasteiger partial charge in [-0.05, 0) is 49.4 Å². The molecule has 6 rings (SSSR count). The van der Waals surface area contributed by atoms with Crippen LogP contribution >= 0.6 is 0 Å². The largest absolute Gasteiger partial charge is 0.339 e. The lowest BCUT2D eigenvalue weighted by atomic mass is 9.73. The highest BCUT2D eigenvalue weighted by molar-refractivity contribution is 6.12. The molecule has 1 saturated carbocycles. The van der Waals surface area contributed by atoms with Crippen LogP contribution in [0.15, 0.2) is 42.6 Å². The van der Waals surface area contributed by atoms with Crippen molar-refractivity contribution in [1.82, 2.24) is 19.7 Å². The topological polar surface area (TPSA) is 77.1 Å². The van der Waals surface area contributed by atoms with Crippen LogP contribution < -0.4 is 4.90 Å². The molecule has 3 fully saturated rings. The zero-order valence-electron chi connectivity index (χ0n) is 20.6. The molecule has 1 aliphatic carbocycles. The van der Waals surface area contributed by atoms with Crippen LogP contribution in [-0.2, 0) is 15.0 Å². The Labute approximate surface area is 211 Å². The van der Waals surface area contributed by atoms with Gasteiger partial charge >= 0.3 is 0 Å². The Morgan fingerprint density at radius 3 is 2.39 bits per heavy atom. The van der Waals surface area contributed by atoms with E-state index in [0.29, 0.717) is 43.9 Å². The maximum Gasteiger partial charge on any atom is 0.243 e. The van der Waals surface area contributed by atoms with Crippen molar-refractivity contribution >= 4 is 29.6 Å². The highest BCUT2D eigenvalue weighted by Crippen LogP contribution is 2.50. The average Bonchev–Trinajstić information content (AvgIpc) is 3.12. The summed E-state index contributed by atoms with van der Waals surface area (Å²) in [4.78, 5) is 50.9. The van der Waals surface area contributed by atoms with E-state index in [9.17, 15) is 14.4 Å². The van der Waals surface area contributed by atoms with E-state index in [1.54, 1.807) is 17.0 Å². The molecule has 4 aliphatic rings. The highest BCUT2D eigenvalue weighted by atomic mass is 16.2. The lowest BCUT2D eigenvalue weighted by Crippen LogP contribution is -2.56. The second kappa shape index (κ2) is 9.41. The Balaban J connectivity index is 1.12. The van der Waals surface area contributed by atoms with Gasteiger partial charge in [0.1, 0.15) is 5.82 Å². The maximum absolute atomic E-state index is 13.9. The highest BCUT2D eigenvalue weighted by Gasteiger charge is 2.52. The van der Waals surface area contributed by atoms with E-state index < -0.39 is 5.41 Å². The van der Waals surface area contributed by atoms with Crippen LogP contribution in [0.4, 0.5) is 11.5 Å². The minimum absolute atomic E-state index is 0.0353. The Hall–Kier alpha value is -3.10. The van der Waals surface area contributed by atoms with Crippen LogP contribution in [0.25, 0.3) is 0 Å². The third kappa shape index (κ3) is 3.92. The van der Waals surface area contributed by atoms with Crippen molar-refractivity contribution < 1.29 is 14.4 Å². The number of fused-ring (bicyclic) bond motifs is 2. The summed E-state index contributed by atoms with van der Waals surface area (Å²) in [6.07, 6.45) is 7.56. The second-order valence-electron chi connectivity index (χ2n) is 10.6. The van der Waals surface area contributed by atoms with E-state index in [1.165, 1.54) is 25.5 Å². The number of para-hydroxylation sites is 1. The number of carbonyl (C=O) groups excluding carboxylic acids is 3. The quantitative estimate of drug-likeness (QED) is 0.604. The molecule has 8 nitrogen and oxygen atoms in total. The molecule has 0 atom stereocenters. The number of hydrogen-bond donors (Lipinski definition) is 0. The number of hydrogen-bond acceptors (Lipinski definition) is 6. The fourth-order valence-electron chi connectivity index (χ4n) is 6.29. The van der Waals surface area contributed by atoms with Gasteiger partial charge in [-0.2, -0.15) is 0 Å². The first-order chi connectivity index (χ1) is 17.6. The van der Waals surface area contributed by atoms with E-state index in [4.69, 9.17) is 0 Å². The number of carbonyl (C=O) groups is 3. The lowest BCUT2D eigenvalue weighted by Gasteiger charge is -2.43. The van der Waals surface area contributed by atoms with Crippen molar-refractivity contribution in [2.75, 3.05) is 50.7 Å². The van der Waals surface area contributed by atoms with Crippen molar-refractivity contribution in [1.29, 1.82) is 0 Å². The van der Waals surface area contributed by atoms with Crippen molar-refractivity contribution in [3.05, 3.63) is 53.7 Å². The van der Waals surface area contributed by atoms with E-state index in [0.717, 1.165) is 49.8 Å². The van der Waals surface area contributed by atoms with Crippen LogP contribution in [0.3, 0.4) is 0 Å². The molecule has 0 unspecified atom stereocenters. The van der Waals surface area contributed by atoms with Gasteiger partial charge in [0.05, 0.1) is 17.6 Å². The molecule has 1 aromatic carbocycles. The van der Waals surface area contributed by atoms with Gasteiger partial charge < -0.3 is 4.90 Å². The Kier molecular flexibility index (Phi) is 6.09. The van der Waals surface area contributed by atoms with Crippen LogP contribution in [0.2, 0.25) is 0 Å². The average molecular weight is 488 g/mol. The smallest absolute Gasteiger partial charge is 0.243 e. The Morgan fingerprint density at radius 2 is 1.75 bits per heavy atom. The predicted molar refractivity (Wildman–Crippen MR) is 136 cm³/mol. The minimum Gasteiger partial charge on any atom is -0.339 e. The molecular weight excluding hydrogens is 454 g/mol. The molecular formula is C28H33N5O3. The number of aldehydes is 1. The number of piperidine rings is 1. The molecule has 188 valence electrons. The molecule has 0 N–H and O–H groups in total. The monoisotopic (exact) mass is 487 g/mol. The fourth-order valence-corrected chi connectivity index (χ4v) is 6.29. The zero-order chi connectivity index (χ0) is 24.7. The van der Waals surface area contributed by atoms with E-state index >= 15 is 0 Å². The van der Waals surface area contributed by atoms with E-state index in [1.807, 2.05) is 23.1 Å². The number of rotatable bonds is 5. The van der Waals surface area contributed by atoms with Gasteiger partial charge in [-0.25, -0.2) is 4.98 Å². The van der Waals surface area contributed by atoms with Crippen molar-refractivity contribution in [3.8, 4) is 0 Å². The zero-order valence-corrected chi connectivity index (χ0v) is 20.6. The lowest BCUT2D eigenvalue weighted by molar-refractivity contribution is -0.135. The number of pyridine rings is 1. The Morgan fingerprint density at radius 1 is 1.00 bits per heavy atom. The molecule has 4 heterocycles. The first-order valence-electron chi connectivity index (χ1n) is 13.2. The summed E-state index contributed by atoms with van der Waals surface area (Å²) >= 11 is 0. The molecule has 8 heteroatoms. The molecule has 36 heavy (non-hydrogen) atoms. The molecule has 2 amide bonds. The van der Waals surface area contributed by atoms with Gasteiger partial charge in [-0.3, -0.25) is 29.1 Å². The summed E-state index contributed by atoms with van der Waals surface area (Å²) in [5, 5.41) is 0. The number of piperazine rings is 1. The number of anilines is 2. The number of likely N-dealkylation sites (tertiary alicyclic amines) is 1. The first-order valence-corrected chi connectivity index (χ1v) is 13.2. The first kappa shape index (κ1) is 23.3. The summed E-state index contributed by atoms with van der Waals surface area (Å²) in [6, 6.07) is 12.1. The Bertz CT molecular complexity index is 1150. The summed E-state index contributed by atoms with van der Waals surface area (Å²) in [5.41, 5.74) is 1.78. The van der Waals surface area contributed by atoms with Crippen molar-refractivity contribution in [2.24, 2.45) is 0 Å². The SMILES string of the molecule is O=Cc1ccc(N2C(=O)C3(CCN(CC(=O)N4CCN(C5CCC5)CC4)CC3)c3ccccc32)nc1. The van der Waals surface area contributed by atoms with Gasteiger partial charge in [0.25, 0.3) is 0 Å². The van der Waals surface area contributed by atoms with E-state index in [-0.39, 0.29) is 11.8 Å². The molecule has 0 bridgehead atoms. The fraction of sp³-hybridized carbons (Fsp3) is 0.500. The van der Waals surface area contributed by atoms with Gasteiger partial charge in [-0.15, -0.1) is 0 Å². The van der Waals surface area contributed by atoms with Crippen LogP contribution in [0.5, 0.6) is 0 Å². The standard InChI is InChI=1S/C28H33N5O3/c34-20-21-8-9-25(29-18-21)33-24-7-2-1-6-23(24)28(27(33)36)10-12-30(13-11-28)19-26(35)32-16-14-31(15-17-32)22-4-3-5-22/h1-2,6-9,18,20,22H,3-5,10-17,19H2. The van der Waals surface area contributed by atoms with Gasteiger partial charge in [0, 0.05) is 57.1 Å². The minimum atomic E-state index is -0.602. The number of benzene rings is 1. The van der Waals surface area contributed by atoms with Crippen LogP contribution in [0, 0.1) is 0 Å². The van der Waals surface area contributed by atoms with Gasteiger partial charge in [0.2, 0.25) is 11.8 Å². The van der Waals surface area contributed by atoms with Crippen LogP contribution in [0.1, 0.15) is 48.0 Å². The number of amides is 2. The van der Waals surface area contributed by atoms with Crippen molar-refractivity contribution in [3.63, 3.8) is 0 Å². The summed E-state index contributed by atoms with van der Waals surface area (Å²) in [7, 11) is 0. The third-order valence-electron chi connectivity index (χ3n) is 8.74. The van der Waals surface area contributed by atoms with Gasteiger partial charge in [0.15, 0.2) is 6.29 Å². The molecule has 2 saturated heterocycles. The summed E-state index contributed by atoms with van der Waals surface area (Å²) in [6.45, 7) is 5.46. The van der Waals surface area contributed by atoms with Gasteiger partial charge in [-0.1, -0.05) is 24.6 Å².